The SMILES string of the molecule is COc1cc(-c2cc(=O)c3c(O)cc(OC4OC(CO)C(O)C(O)C4OC4OC(COC(C)=O)C(O)C(O)C4O)c(O)c3o2)ccc1O. The molecule has 18 heteroatoms. The lowest BCUT2D eigenvalue weighted by atomic mass is 9.97. The average Bonchev–Trinajstić information content (AvgIpc) is 3.05. The molecule has 18 nitrogen and oxygen atoms in total. The number of aliphatic hydroxyl groups excluding tert-OH is 6. The van der Waals surface area contributed by atoms with Crippen molar-refractivity contribution in [1.29, 1.82) is 0 Å². The predicted molar refractivity (Wildman–Crippen MR) is 156 cm³/mol. The summed E-state index contributed by atoms with van der Waals surface area (Å²) >= 11 is 0. The highest BCUT2D eigenvalue weighted by Gasteiger charge is 2.51. The standard InChI is InChI=1S/C30H34O18/c1-10(32)43-9-19-22(37)24(39)26(41)29(47-19)48-28-25(40)21(36)18(8-31)46-30(28)45-17-7-14(35)20-13(34)6-15(44-27(20)23(17)38)11-3-4-12(33)16(5-11)42-2/h3-7,18-19,21-22,24-26,28-31,33,35-41H,8-9H2,1-2H3. The smallest absolute Gasteiger partial charge is 0.302 e. The van der Waals surface area contributed by atoms with Crippen LogP contribution >= 0.6 is 0 Å². The zero-order valence-corrected chi connectivity index (χ0v) is 25.3. The van der Waals surface area contributed by atoms with Crippen molar-refractivity contribution in [3.63, 3.8) is 0 Å². The van der Waals surface area contributed by atoms with Gasteiger partial charge in [0.25, 0.3) is 0 Å². The van der Waals surface area contributed by atoms with Gasteiger partial charge in [-0.15, -0.1) is 0 Å². The number of aromatic hydroxyl groups is 3. The maximum absolute atomic E-state index is 13.0. The number of carbonyl (C=O) groups is 1. The normalized spacial score (nSPS) is 30.6. The molecule has 3 heterocycles. The highest BCUT2D eigenvalue weighted by atomic mass is 16.8. The molecule has 2 aliphatic rings. The third kappa shape index (κ3) is 6.70. The van der Waals surface area contributed by atoms with Crippen LogP contribution in [0, 0.1) is 0 Å². The molecular weight excluding hydrogens is 648 g/mol. The number of carbonyl (C=O) groups excluding carboxylic acids is 1. The van der Waals surface area contributed by atoms with Gasteiger partial charge in [-0.1, -0.05) is 0 Å². The van der Waals surface area contributed by atoms with Crippen molar-refractivity contribution in [2.75, 3.05) is 20.3 Å². The predicted octanol–water partition coefficient (Wildman–Crippen LogP) is -1.84. The second-order valence-electron chi connectivity index (χ2n) is 11.1. The maximum atomic E-state index is 13.0. The van der Waals surface area contributed by atoms with Gasteiger partial charge in [-0.25, -0.2) is 0 Å². The van der Waals surface area contributed by atoms with Gasteiger partial charge in [-0.05, 0) is 18.2 Å². The van der Waals surface area contributed by atoms with Crippen molar-refractivity contribution in [3.05, 3.63) is 40.6 Å². The molecule has 0 spiro atoms. The van der Waals surface area contributed by atoms with Crippen molar-refractivity contribution in [3.8, 4) is 40.1 Å². The topological polar surface area (TPSA) is 285 Å². The molecule has 2 fully saturated rings. The Hall–Kier alpha value is -4.24. The highest BCUT2D eigenvalue weighted by Crippen LogP contribution is 2.42. The Balaban J connectivity index is 1.50. The fraction of sp³-hybridized carbons (Fsp3) is 0.467. The molecule has 1 aromatic heterocycles. The number of phenols is 3. The van der Waals surface area contributed by atoms with Gasteiger partial charge in [0.15, 0.2) is 40.7 Å². The first kappa shape index (κ1) is 35.1. The summed E-state index contributed by atoms with van der Waals surface area (Å²) in [6.07, 6.45) is -17.8. The molecule has 0 radical (unpaired) electrons. The molecule has 2 aromatic carbocycles. The Kier molecular flexibility index (Phi) is 10.3. The van der Waals surface area contributed by atoms with E-state index in [1.54, 1.807) is 0 Å². The van der Waals surface area contributed by atoms with Gasteiger partial charge in [-0.3, -0.25) is 9.59 Å². The van der Waals surface area contributed by atoms with E-state index in [4.69, 9.17) is 32.8 Å². The summed E-state index contributed by atoms with van der Waals surface area (Å²) in [6, 6.07) is 5.88. The van der Waals surface area contributed by atoms with Crippen LogP contribution in [0.1, 0.15) is 6.92 Å². The molecule has 2 saturated heterocycles. The van der Waals surface area contributed by atoms with E-state index >= 15 is 0 Å². The van der Waals surface area contributed by atoms with Crippen molar-refractivity contribution >= 4 is 16.9 Å². The molecule has 48 heavy (non-hydrogen) atoms. The summed E-state index contributed by atoms with van der Waals surface area (Å²) in [7, 11) is 1.30. The number of rotatable bonds is 9. The lowest BCUT2D eigenvalue weighted by molar-refractivity contribution is -0.358. The van der Waals surface area contributed by atoms with E-state index in [9.17, 15) is 55.5 Å². The number of esters is 1. The van der Waals surface area contributed by atoms with Gasteiger partial charge in [0.2, 0.25) is 12.0 Å². The zero-order valence-electron chi connectivity index (χ0n) is 25.3. The summed E-state index contributed by atoms with van der Waals surface area (Å²) < 4.78 is 38.1. The zero-order chi connectivity index (χ0) is 35.0. The molecular formula is C30H34O18. The molecule has 0 amide bonds. The Morgan fingerprint density at radius 1 is 0.833 bits per heavy atom. The second-order valence-corrected chi connectivity index (χ2v) is 11.1. The number of fused-ring (bicyclic) bond motifs is 1. The number of methoxy groups -OCH3 is 1. The van der Waals surface area contributed by atoms with Gasteiger partial charge < -0.3 is 78.8 Å². The molecule has 0 bridgehead atoms. The van der Waals surface area contributed by atoms with Crippen molar-refractivity contribution < 1.29 is 83.6 Å². The number of phenolic OH excluding ortho intramolecular Hbond substituents is 3. The van der Waals surface area contributed by atoms with Gasteiger partial charge in [0.1, 0.15) is 66.2 Å². The van der Waals surface area contributed by atoms with Crippen LogP contribution in [0.25, 0.3) is 22.3 Å². The summed E-state index contributed by atoms with van der Waals surface area (Å²) in [5.41, 5.74) is -1.09. The van der Waals surface area contributed by atoms with Crippen LogP contribution in [0.5, 0.6) is 28.7 Å². The minimum Gasteiger partial charge on any atom is -0.507 e. The molecule has 5 rings (SSSR count). The van der Waals surface area contributed by atoms with Gasteiger partial charge in [0.05, 0.1) is 13.7 Å². The molecule has 0 aliphatic carbocycles. The van der Waals surface area contributed by atoms with Crippen LogP contribution in [0.2, 0.25) is 0 Å². The van der Waals surface area contributed by atoms with Gasteiger partial charge >= 0.3 is 5.97 Å². The first-order valence-corrected chi connectivity index (χ1v) is 14.4. The minimum atomic E-state index is -1.96. The Bertz CT molecular complexity index is 1690. The quantitative estimate of drug-likeness (QED) is 0.0885. The van der Waals surface area contributed by atoms with E-state index in [1.807, 2.05) is 0 Å². The maximum Gasteiger partial charge on any atom is 0.302 e. The van der Waals surface area contributed by atoms with Gasteiger partial charge in [0, 0.05) is 24.6 Å². The van der Waals surface area contributed by atoms with Crippen LogP contribution in [-0.4, -0.2) is 134 Å². The third-order valence-electron chi connectivity index (χ3n) is 7.86. The van der Waals surface area contributed by atoms with Crippen LogP contribution in [-0.2, 0) is 23.7 Å². The first-order valence-electron chi connectivity index (χ1n) is 14.4. The van der Waals surface area contributed by atoms with Crippen LogP contribution in [0.15, 0.2) is 39.5 Å². The van der Waals surface area contributed by atoms with E-state index < -0.39 is 114 Å². The number of hydrogen-bond donors (Lipinski definition) is 9. The van der Waals surface area contributed by atoms with E-state index in [-0.39, 0.29) is 22.8 Å². The fourth-order valence-electron chi connectivity index (χ4n) is 5.28. The van der Waals surface area contributed by atoms with E-state index in [0.29, 0.717) is 0 Å². The molecule has 262 valence electrons. The number of benzene rings is 2. The summed E-state index contributed by atoms with van der Waals surface area (Å²) in [6.45, 7) is -0.319. The van der Waals surface area contributed by atoms with Crippen molar-refractivity contribution in [1.82, 2.24) is 0 Å². The lowest BCUT2D eigenvalue weighted by Gasteiger charge is -2.45. The van der Waals surface area contributed by atoms with E-state index in [0.717, 1.165) is 19.1 Å². The highest BCUT2D eigenvalue weighted by molar-refractivity contribution is 5.91. The molecule has 2 aliphatic heterocycles. The van der Waals surface area contributed by atoms with Crippen molar-refractivity contribution in [2.45, 2.75) is 68.3 Å². The molecule has 0 saturated carbocycles. The number of ether oxygens (including phenoxy) is 6. The minimum absolute atomic E-state index is 0.0471. The molecule has 10 unspecified atom stereocenters. The second kappa shape index (κ2) is 14.1. The van der Waals surface area contributed by atoms with Crippen molar-refractivity contribution in [2.24, 2.45) is 0 Å². The number of aliphatic hydroxyl groups is 6. The van der Waals surface area contributed by atoms with Crippen LogP contribution < -0.4 is 14.9 Å². The fourth-order valence-corrected chi connectivity index (χ4v) is 5.28. The lowest BCUT2D eigenvalue weighted by Crippen LogP contribution is -2.65. The Morgan fingerprint density at radius 2 is 1.52 bits per heavy atom. The largest absolute Gasteiger partial charge is 0.507 e. The monoisotopic (exact) mass is 682 g/mol. The molecule has 10 atom stereocenters. The Morgan fingerprint density at radius 3 is 2.19 bits per heavy atom. The average molecular weight is 683 g/mol. The number of hydrogen-bond acceptors (Lipinski definition) is 18. The van der Waals surface area contributed by atoms with Gasteiger partial charge in [-0.2, -0.15) is 0 Å². The Labute approximate surface area is 270 Å². The summed E-state index contributed by atoms with van der Waals surface area (Å²) in [5.74, 6) is -3.16. The summed E-state index contributed by atoms with van der Waals surface area (Å²) in [4.78, 5) is 24.3. The van der Waals surface area contributed by atoms with Crippen LogP contribution in [0.4, 0.5) is 0 Å². The van der Waals surface area contributed by atoms with Crippen LogP contribution in [0.3, 0.4) is 0 Å². The summed E-state index contributed by atoms with van der Waals surface area (Å²) in [5, 5.41) is 94.0. The van der Waals surface area contributed by atoms with E-state index in [1.165, 1.54) is 25.3 Å². The third-order valence-corrected chi connectivity index (χ3v) is 7.86. The first-order chi connectivity index (χ1) is 22.7. The van der Waals surface area contributed by atoms with E-state index in [2.05, 4.69) is 0 Å². The molecule has 9 N–H and O–H groups in total. The molecule has 3 aromatic rings.